The van der Waals surface area contributed by atoms with Crippen LogP contribution in [0.15, 0.2) is 4.99 Å². The molecular formula is C18H34IN5S. The molecule has 0 aromatic carbocycles. The summed E-state index contributed by atoms with van der Waals surface area (Å²) in [5.74, 6) is 1.81. The molecule has 2 N–H and O–H groups in total. The summed E-state index contributed by atoms with van der Waals surface area (Å²) in [6.07, 6.45) is 4.82. The van der Waals surface area contributed by atoms with Crippen LogP contribution in [0.25, 0.3) is 0 Å². The zero-order chi connectivity index (χ0) is 17.4. The van der Waals surface area contributed by atoms with E-state index in [1.54, 1.807) is 11.3 Å². The predicted octanol–water partition coefficient (Wildman–Crippen LogP) is 3.21. The van der Waals surface area contributed by atoms with Gasteiger partial charge < -0.3 is 15.5 Å². The number of halogens is 1. The van der Waals surface area contributed by atoms with Crippen molar-refractivity contribution in [3.63, 3.8) is 0 Å². The summed E-state index contributed by atoms with van der Waals surface area (Å²) >= 11 is 1.79. The van der Waals surface area contributed by atoms with Gasteiger partial charge in [-0.1, -0.05) is 6.92 Å². The Kier molecular flexibility index (Phi) is 10.9. The monoisotopic (exact) mass is 479 g/mol. The Morgan fingerprint density at radius 2 is 1.92 bits per heavy atom. The largest absolute Gasteiger partial charge is 0.356 e. The summed E-state index contributed by atoms with van der Waals surface area (Å²) in [6.45, 7) is 12.1. The summed E-state index contributed by atoms with van der Waals surface area (Å²) in [5.41, 5.74) is 1.16. The maximum absolute atomic E-state index is 4.58. The van der Waals surface area contributed by atoms with Gasteiger partial charge in [-0.2, -0.15) is 0 Å². The van der Waals surface area contributed by atoms with Crippen LogP contribution < -0.4 is 10.6 Å². The van der Waals surface area contributed by atoms with Crippen LogP contribution in [0.5, 0.6) is 0 Å². The average Bonchev–Trinajstić information content (AvgIpc) is 2.89. The predicted molar refractivity (Wildman–Crippen MR) is 120 cm³/mol. The van der Waals surface area contributed by atoms with Crippen molar-refractivity contribution >= 4 is 41.3 Å². The molecule has 0 saturated carbocycles. The summed E-state index contributed by atoms with van der Waals surface area (Å²) in [4.78, 5) is 12.8. The van der Waals surface area contributed by atoms with Crippen molar-refractivity contribution in [2.45, 2.75) is 46.5 Å². The van der Waals surface area contributed by atoms with E-state index in [1.165, 1.54) is 48.8 Å². The molecule has 0 radical (unpaired) electrons. The minimum atomic E-state index is 0. The second-order valence-electron chi connectivity index (χ2n) is 6.80. The van der Waals surface area contributed by atoms with Gasteiger partial charge in [-0.05, 0) is 58.7 Å². The van der Waals surface area contributed by atoms with E-state index in [0.717, 1.165) is 37.1 Å². The van der Waals surface area contributed by atoms with Crippen LogP contribution in [0.2, 0.25) is 0 Å². The molecule has 0 unspecified atom stereocenters. The molecule has 1 aliphatic rings. The number of aryl methyl sites for hydroxylation is 2. The molecule has 1 aliphatic heterocycles. The molecule has 144 valence electrons. The highest BCUT2D eigenvalue weighted by Crippen LogP contribution is 2.16. The number of aromatic nitrogens is 1. The van der Waals surface area contributed by atoms with E-state index in [9.17, 15) is 0 Å². The van der Waals surface area contributed by atoms with Gasteiger partial charge in [0.2, 0.25) is 0 Å². The molecule has 1 fully saturated rings. The third kappa shape index (κ3) is 8.21. The first-order valence-corrected chi connectivity index (χ1v) is 10.00. The normalized spacial score (nSPS) is 16.6. The van der Waals surface area contributed by atoms with E-state index in [2.05, 4.69) is 46.3 Å². The molecule has 0 aliphatic carbocycles. The number of aliphatic imine (C=N–C) groups is 1. The average molecular weight is 479 g/mol. The lowest BCUT2D eigenvalue weighted by Crippen LogP contribution is -2.40. The number of piperidine rings is 1. The van der Waals surface area contributed by atoms with Crippen LogP contribution in [-0.2, 0) is 6.42 Å². The molecule has 1 aromatic heterocycles. The molecule has 7 heteroatoms. The van der Waals surface area contributed by atoms with E-state index < -0.39 is 0 Å². The van der Waals surface area contributed by atoms with Gasteiger partial charge in [0.1, 0.15) is 0 Å². The Morgan fingerprint density at radius 3 is 2.52 bits per heavy atom. The molecule has 2 rings (SSSR count). The first kappa shape index (κ1) is 22.6. The van der Waals surface area contributed by atoms with E-state index in [1.807, 2.05) is 7.05 Å². The van der Waals surface area contributed by atoms with Gasteiger partial charge in [0, 0.05) is 31.4 Å². The lowest BCUT2D eigenvalue weighted by atomic mass is 9.99. The highest BCUT2D eigenvalue weighted by Gasteiger charge is 2.14. The number of rotatable bonds is 7. The number of thiazole rings is 1. The number of nitrogens with one attached hydrogen (secondary N) is 2. The van der Waals surface area contributed by atoms with Crippen molar-refractivity contribution in [2.75, 3.05) is 39.8 Å². The van der Waals surface area contributed by atoms with E-state index in [-0.39, 0.29) is 24.0 Å². The van der Waals surface area contributed by atoms with Gasteiger partial charge >= 0.3 is 0 Å². The number of hydrogen-bond donors (Lipinski definition) is 2. The second kappa shape index (κ2) is 12.1. The van der Waals surface area contributed by atoms with Crippen molar-refractivity contribution in [1.82, 2.24) is 20.5 Å². The van der Waals surface area contributed by atoms with Gasteiger partial charge in [-0.15, -0.1) is 35.3 Å². The van der Waals surface area contributed by atoms with Crippen LogP contribution in [-0.4, -0.2) is 55.6 Å². The van der Waals surface area contributed by atoms with Gasteiger partial charge in [-0.25, -0.2) is 4.98 Å². The zero-order valence-electron chi connectivity index (χ0n) is 16.1. The van der Waals surface area contributed by atoms with Gasteiger partial charge in [0.05, 0.1) is 10.7 Å². The molecule has 1 saturated heterocycles. The second-order valence-corrected chi connectivity index (χ2v) is 8.09. The van der Waals surface area contributed by atoms with Gasteiger partial charge in [0.25, 0.3) is 0 Å². The Hall–Kier alpha value is -0.410. The molecule has 0 bridgehead atoms. The third-order valence-corrected chi connectivity index (χ3v) is 5.88. The van der Waals surface area contributed by atoms with Crippen LogP contribution in [0.3, 0.4) is 0 Å². The molecule has 2 heterocycles. The maximum atomic E-state index is 4.58. The van der Waals surface area contributed by atoms with Crippen molar-refractivity contribution in [3.8, 4) is 0 Å². The molecule has 0 amide bonds. The quantitative estimate of drug-likeness (QED) is 0.273. The molecule has 0 spiro atoms. The number of likely N-dealkylation sites (tertiary alicyclic amines) is 1. The van der Waals surface area contributed by atoms with Crippen molar-refractivity contribution in [2.24, 2.45) is 10.9 Å². The highest BCUT2D eigenvalue weighted by atomic mass is 127. The molecule has 0 atom stereocenters. The number of nitrogens with zero attached hydrogens (tertiary/aromatic N) is 3. The minimum absolute atomic E-state index is 0. The Morgan fingerprint density at radius 1 is 1.24 bits per heavy atom. The lowest BCUT2D eigenvalue weighted by molar-refractivity contribution is 0.191. The van der Waals surface area contributed by atoms with Crippen molar-refractivity contribution in [1.29, 1.82) is 0 Å². The van der Waals surface area contributed by atoms with E-state index in [0.29, 0.717) is 0 Å². The van der Waals surface area contributed by atoms with Gasteiger partial charge in [-0.3, -0.25) is 4.99 Å². The zero-order valence-corrected chi connectivity index (χ0v) is 19.2. The first-order valence-electron chi connectivity index (χ1n) is 9.18. The maximum Gasteiger partial charge on any atom is 0.190 e. The van der Waals surface area contributed by atoms with Crippen molar-refractivity contribution in [3.05, 3.63) is 15.6 Å². The smallest absolute Gasteiger partial charge is 0.190 e. The SMILES string of the molecule is CN=C(NCCCN1CCC(C)CC1)NCCc1nc(C)c(C)s1.I. The van der Waals surface area contributed by atoms with E-state index >= 15 is 0 Å². The molecular weight excluding hydrogens is 445 g/mol. The molecule has 25 heavy (non-hydrogen) atoms. The van der Waals surface area contributed by atoms with Crippen LogP contribution in [0.4, 0.5) is 0 Å². The fourth-order valence-electron chi connectivity index (χ4n) is 2.95. The summed E-state index contributed by atoms with van der Waals surface area (Å²) in [6, 6.07) is 0. The highest BCUT2D eigenvalue weighted by molar-refractivity contribution is 14.0. The fourth-order valence-corrected chi connectivity index (χ4v) is 3.88. The standard InChI is InChI=1S/C18H33N5S.HI/c1-14-7-12-23(13-8-14)11-5-9-20-18(19-4)21-10-6-17-22-15(2)16(3)24-17;/h14H,5-13H2,1-4H3,(H2,19,20,21);1H. The molecule has 5 nitrogen and oxygen atoms in total. The van der Waals surface area contributed by atoms with Crippen LogP contribution in [0, 0.1) is 19.8 Å². The Labute approximate surface area is 174 Å². The summed E-state index contributed by atoms with van der Waals surface area (Å²) in [5, 5.41) is 8.00. The topological polar surface area (TPSA) is 52.6 Å². The Balaban J connectivity index is 0.00000312. The fraction of sp³-hybridized carbons (Fsp3) is 0.778. The summed E-state index contributed by atoms with van der Waals surface area (Å²) < 4.78 is 0. The summed E-state index contributed by atoms with van der Waals surface area (Å²) in [7, 11) is 1.83. The first-order chi connectivity index (χ1) is 11.6. The van der Waals surface area contributed by atoms with Crippen LogP contribution >= 0.6 is 35.3 Å². The van der Waals surface area contributed by atoms with E-state index in [4.69, 9.17) is 0 Å². The Bertz CT molecular complexity index is 504. The number of guanidine groups is 1. The minimum Gasteiger partial charge on any atom is -0.356 e. The van der Waals surface area contributed by atoms with Gasteiger partial charge in [0.15, 0.2) is 5.96 Å². The van der Waals surface area contributed by atoms with Crippen molar-refractivity contribution < 1.29 is 0 Å². The third-order valence-electron chi connectivity index (χ3n) is 4.75. The number of hydrogen-bond acceptors (Lipinski definition) is 4. The molecule has 1 aromatic rings. The lowest BCUT2D eigenvalue weighted by Gasteiger charge is -2.30. The van der Waals surface area contributed by atoms with Crippen LogP contribution in [0.1, 0.15) is 41.8 Å².